The van der Waals surface area contributed by atoms with Crippen LogP contribution in [0.15, 0.2) is 4.52 Å². The fraction of sp³-hybridized carbons (Fsp3) is 0.556. The van der Waals surface area contributed by atoms with Crippen molar-refractivity contribution in [3.8, 4) is 0 Å². The highest BCUT2D eigenvalue weighted by Gasteiger charge is 2.24. The maximum absolute atomic E-state index is 11.8. The van der Waals surface area contributed by atoms with Crippen molar-refractivity contribution in [2.24, 2.45) is 7.05 Å². The van der Waals surface area contributed by atoms with Crippen LogP contribution in [0, 0.1) is 0 Å². The first-order valence-electron chi connectivity index (χ1n) is 5.85. The summed E-state index contributed by atoms with van der Waals surface area (Å²) in [4.78, 5) is 17.1. The predicted molar refractivity (Wildman–Crippen MR) is 61.0 cm³/mol. The van der Waals surface area contributed by atoms with Crippen molar-refractivity contribution in [3.63, 3.8) is 0 Å². The van der Waals surface area contributed by atoms with Gasteiger partial charge in [-0.1, -0.05) is 10.3 Å². The third-order valence-electron chi connectivity index (χ3n) is 2.74. The average molecular weight is 264 g/mol. The van der Waals surface area contributed by atoms with Gasteiger partial charge >= 0.3 is 0 Å². The molecule has 0 saturated carbocycles. The molecule has 1 aliphatic rings. The lowest BCUT2D eigenvalue weighted by Gasteiger charge is -2.01. The van der Waals surface area contributed by atoms with E-state index in [0.29, 0.717) is 5.89 Å². The highest BCUT2D eigenvalue weighted by atomic mass is 16.5. The molecule has 2 aromatic heterocycles. The lowest BCUT2D eigenvalue weighted by molar-refractivity contribution is 0.101. The summed E-state index contributed by atoms with van der Waals surface area (Å²) >= 11 is 0. The summed E-state index contributed by atoms with van der Waals surface area (Å²) in [7, 11) is 1.60. The third-order valence-corrected chi connectivity index (χ3v) is 2.74. The number of tetrazole rings is 1. The number of nitrogens with zero attached hydrogens (tertiary/aromatic N) is 6. The van der Waals surface area contributed by atoms with Crippen LogP contribution in [0.25, 0.3) is 0 Å². The Balaban J connectivity index is 1.69. The molecule has 0 aromatic carbocycles. The number of carbonyl (C=O) groups excluding carboxylic acids is 1. The van der Waals surface area contributed by atoms with Gasteiger partial charge in [0.25, 0.3) is 17.7 Å². The van der Waals surface area contributed by atoms with Gasteiger partial charge in [0, 0.05) is 0 Å². The number of aryl methyl sites for hydroxylation is 1. The Bertz CT molecular complexity index is 585. The van der Waals surface area contributed by atoms with Gasteiger partial charge in [-0.3, -0.25) is 10.1 Å². The van der Waals surface area contributed by atoms with Crippen LogP contribution in [0.5, 0.6) is 0 Å². The van der Waals surface area contributed by atoms with Gasteiger partial charge in [0.05, 0.1) is 13.1 Å². The van der Waals surface area contributed by atoms with Gasteiger partial charge in [-0.25, -0.2) is 0 Å². The Kier molecular flexibility index (Phi) is 2.91. The number of nitrogens with one attached hydrogen (secondary N) is 2. The van der Waals surface area contributed by atoms with Crippen molar-refractivity contribution in [1.29, 1.82) is 0 Å². The zero-order chi connectivity index (χ0) is 13.2. The topological polar surface area (TPSA) is 124 Å². The van der Waals surface area contributed by atoms with Gasteiger partial charge in [0.1, 0.15) is 0 Å². The SMILES string of the molecule is Cn1nnc(NC(=O)c2noc(C3CCCN3)n2)n1. The molecule has 2 aromatic rings. The van der Waals surface area contributed by atoms with E-state index >= 15 is 0 Å². The number of amides is 1. The van der Waals surface area contributed by atoms with E-state index in [1.165, 1.54) is 4.80 Å². The Hall–Kier alpha value is -2.36. The molecule has 10 heteroatoms. The molecule has 0 radical (unpaired) electrons. The molecule has 1 saturated heterocycles. The van der Waals surface area contributed by atoms with E-state index < -0.39 is 5.91 Å². The number of carbonyl (C=O) groups is 1. The minimum Gasteiger partial charge on any atom is -0.337 e. The van der Waals surface area contributed by atoms with Crippen LogP contribution < -0.4 is 10.6 Å². The summed E-state index contributed by atoms with van der Waals surface area (Å²) in [6.07, 6.45) is 1.98. The zero-order valence-corrected chi connectivity index (χ0v) is 10.2. The lowest BCUT2D eigenvalue weighted by Crippen LogP contribution is -2.16. The molecule has 0 bridgehead atoms. The Morgan fingerprint density at radius 2 is 2.47 bits per heavy atom. The Labute approximate surface area is 107 Å². The first kappa shape index (κ1) is 11.7. The maximum Gasteiger partial charge on any atom is 0.299 e. The second-order valence-corrected chi connectivity index (χ2v) is 4.16. The Morgan fingerprint density at radius 3 is 3.16 bits per heavy atom. The fourth-order valence-electron chi connectivity index (χ4n) is 1.86. The first-order chi connectivity index (χ1) is 9.22. The lowest BCUT2D eigenvalue weighted by atomic mass is 10.2. The van der Waals surface area contributed by atoms with Crippen molar-refractivity contribution in [2.75, 3.05) is 11.9 Å². The summed E-state index contributed by atoms with van der Waals surface area (Å²) in [6, 6.07) is 0.0312. The van der Waals surface area contributed by atoms with Gasteiger partial charge in [0.15, 0.2) is 0 Å². The van der Waals surface area contributed by atoms with Gasteiger partial charge in [-0.05, 0) is 24.6 Å². The van der Waals surface area contributed by atoms with Crippen molar-refractivity contribution in [2.45, 2.75) is 18.9 Å². The van der Waals surface area contributed by atoms with E-state index in [2.05, 4.69) is 36.2 Å². The van der Waals surface area contributed by atoms with Crippen LogP contribution in [0.3, 0.4) is 0 Å². The van der Waals surface area contributed by atoms with Crippen LogP contribution in [0.2, 0.25) is 0 Å². The van der Waals surface area contributed by atoms with Gasteiger partial charge in [-0.15, -0.1) is 5.10 Å². The fourth-order valence-corrected chi connectivity index (χ4v) is 1.86. The number of anilines is 1. The van der Waals surface area contributed by atoms with E-state index in [-0.39, 0.29) is 17.8 Å². The summed E-state index contributed by atoms with van der Waals surface area (Å²) in [5.41, 5.74) is 0. The predicted octanol–water partition coefficient (Wildman–Crippen LogP) is -0.730. The number of hydrogen-bond acceptors (Lipinski definition) is 8. The molecule has 1 aliphatic heterocycles. The highest BCUT2D eigenvalue weighted by Crippen LogP contribution is 2.21. The van der Waals surface area contributed by atoms with Gasteiger partial charge in [0.2, 0.25) is 5.89 Å². The van der Waals surface area contributed by atoms with E-state index in [1.807, 2.05) is 0 Å². The summed E-state index contributed by atoms with van der Waals surface area (Å²) < 4.78 is 5.07. The van der Waals surface area contributed by atoms with Crippen LogP contribution in [0.1, 0.15) is 35.4 Å². The summed E-state index contributed by atoms with van der Waals surface area (Å²) in [5, 5.41) is 20.3. The second-order valence-electron chi connectivity index (χ2n) is 4.16. The van der Waals surface area contributed by atoms with E-state index in [9.17, 15) is 4.79 Å². The first-order valence-corrected chi connectivity index (χ1v) is 5.85. The highest BCUT2D eigenvalue weighted by molar-refractivity contribution is 6.00. The number of rotatable bonds is 3. The monoisotopic (exact) mass is 264 g/mol. The van der Waals surface area contributed by atoms with E-state index in [4.69, 9.17) is 4.52 Å². The molecular formula is C9H12N8O2. The second kappa shape index (κ2) is 4.72. The minimum absolute atomic E-state index is 0.0312. The average Bonchev–Trinajstić information content (AvgIpc) is 3.08. The van der Waals surface area contributed by atoms with Crippen molar-refractivity contribution in [3.05, 3.63) is 11.7 Å². The van der Waals surface area contributed by atoms with Crippen molar-refractivity contribution in [1.82, 2.24) is 35.7 Å². The molecule has 1 fully saturated rings. The minimum atomic E-state index is -0.527. The van der Waals surface area contributed by atoms with Crippen LogP contribution in [-0.2, 0) is 7.05 Å². The third kappa shape index (κ3) is 2.42. The normalized spacial score (nSPS) is 18.7. The Morgan fingerprint density at radius 1 is 1.58 bits per heavy atom. The van der Waals surface area contributed by atoms with E-state index in [1.54, 1.807) is 7.05 Å². The molecule has 10 nitrogen and oxygen atoms in total. The molecule has 1 amide bonds. The van der Waals surface area contributed by atoms with Crippen LogP contribution in [-0.4, -0.2) is 42.8 Å². The largest absolute Gasteiger partial charge is 0.337 e. The summed E-state index contributed by atoms with van der Waals surface area (Å²) in [5.74, 6) is -0.0512. The molecule has 3 rings (SSSR count). The summed E-state index contributed by atoms with van der Waals surface area (Å²) in [6.45, 7) is 0.915. The molecule has 3 heterocycles. The molecule has 2 N–H and O–H groups in total. The smallest absolute Gasteiger partial charge is 0.299 e. The number of aromatic nitrogens is 6. The van der Waals surface area contributed by atoms with Crippen LogP contribution in [0.4, 0.5) is 5.95 Å². The quantitative estimate of drug-likeness (QED) is 0.743. The molecule has 1 unspecified atom stereocenters. The molecule has 1 atom stereocenters. The molecule has 0 aliphatic carbocycles. The standard InChI is InChI=1S/C9H12N8O2/c1-17-14-9(13-16-17)12-7(18)6-11-8(19-15-6)5-3-2-4-10-5/h5,10H,2-4H2,1H3,(H,12,14,18). The van der Waals surface area contributed by atoms with Crippen molar-refractivity contribution >= 4 is 11.9 Å². The molecule has 100 valence electrons. The van der Waals surface area contributed by atoms with Gasteiger partial charge in [-0.2, -0.15) is 9.78 Å². The molecule has 0 spiro atoms. The van der Waals surface area contributed by atoms with E-state index in [0.717, 1.165) is 19.4 Å². The van der Waals surface area contributed by atoms with Gasteiger partial charge < -0.3 is 9.84 Å². The number of hydrogen-bond donors (Lipinski definition) is 2. The molecular weight excluding hydrogens is 252 g/mol. The van der Waals surface area contributed by atoms with Crippen molar-refractivity contribution < 1.29 is 9.32 Å². The maximum atomic E-state index is 11.8. The van der Waals surface area contributed by atoms with Crippen LogP contribution >= 0.6 is 0 Å². The zero-order valence-electron chi connectivity index (χ0n) is 10.2. The molecule has 19 heavy (non-hydrogen) atoms.